The molecule has 0 bridgehead atoms. The van der Waals surface area contributed by atoms with Crippen molar-refractivity contribution in [1.29, 1.82) is 0 Å². The molecule has 1 aliphatic heterocycles. The van der Waals surface area contributed by atoms with E-state index >= 15 is 0 Å². The summed E-state index contributed by atoms with van der Waals surface area (Å²) in [6, 6.07) is 0.261. The van der Waals surface area contributed by atoms with Crippen molar-refractivity contribution in [2.75, 3.05) is 19.8 Å². The van der Waals surface area contributed by atoms with Crippen molar-refractivity contribution in [3.05, 3.63) is 0 Å². The normalized spacial score (nSPS) is 33.0. The Morgan fingerprint density at radius 1 is 1.70 bits per heavy atom. The first kappa shape index (κ1) is 7.98. The van der Waals surface area contributed by atoms with Gasteiger partial charge in [-0.3, -0.25) is 0 Å². The average Bonchev–Trinajstić information content (AvgIpc) is 2.37. The zero-order valence-corrected chi connectivity index (χ0v) is 6.34. The second-order valence-electron chi connectivity index (χ2n) is 2.60. The van der Waals surface area contributed by atoms with Crippen molar-refractivity contribution in [2.24, 2.45) is 0 Å². The highest BCUT2D eigenvalue weighted by Crippen LogP contribution is 2.08. The van der Waals surface area contributed by atoms with E-state index in [2.05, 4.69) is 5.32 Å². The van der Waals surface area contributed by atoms with Gasteiger partial charge in [0.05, 0.1) is 12.7 Å². The topological polar surface area (TPSA) is 41.5 Å². The van der Waals surface area contributed by atoms with Crippen LogP contribution in [0.2, 0.25) is 0 Å². The molecule has 60 valence electrons. The third-order valence-electron chi connectivity index (χ3n) is 1.80. The lowest BCUT2D eigenvalue weighted by Gasteiger charge is -2.07. The van der Waals surface area contributed by atoms with Crippen molar-refractivity contribution in [3.8, 4) is 0 Å². The summed E-state index contributed by atoms with van der Waals surface area (Å²) in [4.78, 5) is 0. The predicted octanol–water partition coefficient (Wildman–Crippen LogP) is -0.254. The van der Waals surface area contributed by atoms with Crippen LogP contribution >= 0.6 is 0 Å². The lowest BCUT2D eigenvalue weighted by molar-refractivity contribution is 0.0739. The summed E-state index contributed by atoms with van der Waals surface area (Å²) in [5.74, 6) is 0. The van der Waals surface area contributed by atoms with E-state index in [-0.39, 0.29) is 12.6 Å². The smallest absolute Gasteiger partial charge is 0.0715 e. The highest BCUT2D eigenvalue weighted by atomic mass is 16.5. The van der Waals surface area contributed by atoms with Crippen LogP contribution in [0.1, 0.15) is 13.3 Å². The first-order valence-corrected chi connectivity index (χ1v) is 3.82. The molecule has 2 atom stereocenters. The van der Waals surface area contributed by atoms with Gasteiger partial charge in [0.25, 0.3) is 0 Å². The number of aliphatic hydroxyl groups is 1. The van der Waals surface area contributed by atoms with Crippen molar-refractivity contribution >= 4 is 0 Å². The molecule has 0 radical (unpaired) electrons. The van der Waals surface area contributed by atoms with Crippen molar-refractivity contribution < 1.29 is 9.84 Å². The molecule has 1 unspecified atom stereocenters. The maximum absolute atomic E-state index is 8.73. The summed E-state index contributed by atoms with van der Waals surface area (Å²) >= 11 is 0. The van der Waals surface area contributed by atoms with E-state index in [4.69, 9.17) is 9.84 Å². The van der Waals surface area contributed by atoms with Gasteiger partial charge in [-0.15, -0.1) is 0 Å². The summed E-state index contributed by atoms with van der Waals surface area (Å²) in [6.07, 6.45) is 1.27. The summed E-state index contributed by atoms with van der Waals surface area (Å²) in [5.41, 5.74) is 0. The van der Waals surface area contributed by atoms with Crippen molar-refractivity contribution in [2.45, 2.75) is 25.5 Å². The molecule has 0 amide bonds. The lowest BCUT2D eigenvalue weighted by atomic mass is 10.2. The van der Waals surface area contributed by atoms with Gasteiger partial charge >= 0.3 is 0 Å². The molecule has 1 saturated heterocycles. The molecule has 1 aliphatic rings. The summed E-state index contributed by atoms with van der Waals surface area (Å²) < 4.78 is 5.36. The fraction of sp³-hybridized carbons (Fsp3) is 1.00. The minimum absolute atomic E-state index is 0.226. The molecular weight excluding hydrogens is 130 g/mol. The van der Waals surface area contributed by atoms with Crippen LogP contribution in [0.15, 0.2) is 0 Å². The van der Waals surface area contributed by atoms with Gasteiger partial charge in [0.15, 0.2) is 0 Å². The fourth-order valence-electron chi connectivity index (χ4n) is 1.28. The van der Waals surface area contributed by atoms with Crippen LogP contribution in [0.4, 0.5) is 0 Å². The van der Waals surface area contributed by atoms with Gasteiger partial charge in [-0.25, -0.2) is 0 Å². The van der Waals surface area contributed by atoms with Crippen molar-refractivity contribution in [3.63, 3.8) is 0 Å². The molecule has 0 aliphatic carbocycles. The minimum Gasteiger partial charge on any atom is -0.395 e. The summed E-state index contributed by atoms with van der Waals surface area (Å²) in [7, 11) is 0. The molecule has 10 heavy (non-hydrogen) atoms. The van der Waals surface area contributed by atoms with Gasteiger partial charge in [-0.1, -0.05) is 0 Å². The molecule has 0 aromatic rings. The first-order chi connectivity index (χ1) is 4.86. The van der Waals surface area contributed by atoms with E-state index < -0.39 is 0 Å². The van der Waals surface area contributed by atoms with Crippen LogP contribution in [-0.2, 0) is 4.74 Å². The molecule has 2 N–H and O–H groups in total. The van der Waals surface area contributed by atoms with Gasteiger partial charge in [0.1, 0.15) is 0 Å². The molecule has 3 nitrogen and oxygen atoms in total. The van der Waals surface area contributed by atoms with Gasteiger partial charge in [-0.05, 0) is 13.3 Å². The monoisotopic (exact) mass is 145 g/mol. The van der Waals surface area contributed by atoms with Gasteiger partial charge in [0, 0.05) is 19.2 Å². The third-order valence-corrected chi connectivity index (χ3v) is 1.80. The molecule has 1 rings (SSSR count). The second-order valence-corrected chi connectivity index (χ2v) is 2.60. The van der Waals surface area contributed by atoms with E-state index in [1.165, 1.54) is 0 Å². The zero-order valence-electron chi connectivity index (χ0n) is 6.34. The number of nitrogens with one attached hydrogen (secondary N) is 1. The zero-order chi connectivity index (χ0) is 7.40. The Labute approximate surface area is 61.4 Å². The molecule has 0 spiro atoms. The second kappa shape index (κ2) is 3.91. The third kappa shape index (κ3) is 1.94. The molecule has 0 saturated carbocycles. The van der Waals surface area contributed by atoms with Crippen LogP contribution in [-0.4, -0.2) is 37.0 Å². The maximum Gasteiger partial charge on any atom is 0.0715 e. The standard InChI is InChI=1S/C7H15NO2/c1-2-10-7-3-6(5-9)8-4-7/h6-9H,2-5H2,1H3/t6-,7?/m0/s1. The molecule has 0 aromatic carbocycles. The quantitative estimate of drug-likeness (QED) is 0.575. The Bertz CT molecular complexity index is 97.6. The Hall–Kier alpha value is -0.120. The van der Waals surface area contributed by atoms with Crippen LogP contribution in [0, 0.1) is 0 Å². The maximum atomic E-state index is 8.73. The molecule has 3 heteroatoms. The Morgan fingerprint density at radius 2 is 2.50 bits per heavy atom. The number of aliphatic hydroxyl groups excluding tert-OH is 1. The van der Waals surface area contributed by atoms with E-state index in [1.54, 1.807) is 0 Å². The number of hydrogen-bond donors (Lipinski definition) is 2. The highest BCUT2D eigenvalue weighted by molar-refractivity contribution is 4.81. The summed E-state index contributed by atoms with van der Waals surface area (Å²) in [5, 5.41) is 11.9. The SMILES string of the molecule is CCOC1CN[C@H](CO)C1. The minimum atomic E-state index is 0.226. The van der Waals surface area contributed by atoms with E-state index in [1.807, 2.05) is 6.92 Å². The van der Waals surface area contributed by atoms with E-state index in [0.29, 0.717) is 6.10 Å². The lowest BCUT2D eigenvalue weighted by Crippen LogP contribution is -2.24. The highest BCUT2D eigenvalue weighted by Gasteiger charge is 2.22. The van der Waals surface area contributed by atoms with Crippen LogP contribution in [0.3, 0.4) is 0 Å². The van der Waals surface area contributed by atoms with Crippen LogP contribution in [0.25, 0.3) is 0 Å². The Kier molecular flexibility index (Phi) is 3.12. The van der Waals surface area contributed by atoms with E-state index in [9.17, 15) is 0 Å². The van der Waals surface area contributed by atoms with Gasteiger partial charge in [-0.2, -0.15) is 0 Å². The van der Waals surface area contributed by atoms with Crippen molar-refractivity contribution in [1.82, 2.24) is 5.32 Å². The van der Waals surface area contributed by atoms with Gasteiger partial charge in [0.2, 0.25) is 0 Å². The number of ether oxygens (including phenoxy) is 1. The molecule has 0 aromatic heterocycles. The average molecular weight is 145 g/mol. The first-order valence-electron chi connectivity index (χ1n) is 3.82. The molecule has 1 fully saturated rings. The number of hydrogen-bond acceptors (Lipinski definition) is 3. The predicted molar refractivity (Wildman–Crippen MR) is 38.9 cm³/mol. The molecule has 1 heterocycles. The van der Waals surface area contributed by atoms with E-state index in [0.717, 1.165) is 19.6 Å². The molecular formula is C7H15NO2. The summed E-state index contributed by atoms with van der Waals surface area (Å²) in [6.45, 7) is 3.87. The van der Waals surface area contributed by atoms with Crippen LogP contribution < -0.4 is 5.32 Å². The largest absolute Gasteiger partial charge is 0.395 e. The Balaban J connectivity index is 2.15. The van der Waals surface area contributed by atoms with Crippen LogP contribution in [0.5, 0.6) is 0 Å². The van der Waals surface area contributed by atoms with Gasteiger partial charge < -0.3 is 15.2 Å². The fourth-order valence-corrected chi connectivity index (χ4v) is 1.28. The number of rotatable bonds is 3. The Morgan fingerprint density at radius 3 is 3.00 bits per heavy atom.